The van der Waals surface area contributed by atoms with Gasteiger partial charge in [0.25, 0.3) is 5.91 Å². The lowest BCUT2D eigenvalue weighted by atomic mass is 9.91. The van der Waals surface area contributed by atoms with Crippen molar-refractivity contribution >= 4 is 23.6 Å². The predicted molar refractivity (Wildman–Crippen MR) is 131 cm³/mol. The number of aromatic nitrogens is 2. The van der Waals surface area contributed by atoms with Gasteiger partial charge in [0.2, 0.25) is 11.9 Å². The van der Waals surface area contributed by atoms with E-state index < -0.39 is 0 Å². The van der Waals surface area contributed by atoms with E-state index in [0.717, 1.165) is 51.6 Å². The first-order chi connectivity index (χ1) is 17.0. The highest BCUT2D eigenvalue weighted by Gasteiger charge is 2.30. The highest BCUT2D eigenvalue weighted by Crippen LogP contribution is 2.25. The lowest BCUT2D eigenvalue weighted by Crippen LogP contribution is -2.45. The molecule has 11 nitrogen and oxygen atoms in total. The van der Waals surface area contributed by atoms with E-state index in [1.165, 1.54) is 4.90 Å². The molecule has 2 amide bonds. The highest BCUT2D eigenvalue weighted by molar-refractivity contribution is 5.98. The molecule has 2 saturated heterocycles. The number of hydrogen-bond donors (Lipinski definition) is 2. The van der Waals surface area contributed by atoms with E-state index in [1.807, 2.05) is 0 Å². The third kappa shape index (κ3) is 6.18. The van der Waals surface area contributed by atoms with Crippen LogP contribution in [0.4, 0.5) is 11.8 Å². The first-order valence-corrected chi connectivity index (χ1v) is 12.6. The Hall–Kier alpha value is -2.97. The van der Waals surface area contributed by atoms with Crippen LogP contribution in [-0.2, 0) is 9.53 Å². The van der Waals surface area contributed by atoms with Gasteiger partial charge in [0.15, 0.2) is 0 Å². The van der Waals surface area contributed by atoms with Gasteiger partial charge in [0.05, 0.1) is 25.8 Å². The molecular weight excluding hydrogens is 448 g/mol. The number of carbonyl (C=O) groups is 2. The van der Waals surface area contributed by atoms with Crippen LogP contribution >= 0.6 is 0 Å². The van der Waals surface area contributed by atoms with E-state index in [9.17, 15) is 14.9 Å². The maximum atomic E-state index is 12.8. The number of hydrogen-bond acceptors (Lipinski definition) is 9. The zero-order valence-electron chi connectivity index (χ0n) is 20.7. The molecule has 1 atom stereocenters. The minimum Gasteiger partial charge on any atom is -0.378 e. The van der Waals surface area contributed by atoms with Gasteiger partial charge in [-0.1, -0.05) is 0 Å². The van der Waals surface area contributed by atoms with Crippen molar-refractivity contribution in [3.63, 3.8) is 0 Å². The predicted octanol–water partition coefficient (Wildman–Crippen LogP) is 0.842. The first-order valence-electron chi connectivity index (χ1n) is 12.6. The van der Waals surface area contributed by atoms with Crippen LogP contribution < -0.4 is 15.5 Å². The van der Waals surface area contributed by atoms with Gasteiger partial charge in [-0.05, 0) is 38.5 Å². The molecule has 35 heavy (non-hydrogen) atoms. The van der Waals surface area contributed by atoms with Crippen molar-refractivity contribution in [2.75, 3.05) is 63.7 Å². The van der Waals surface area contributed by atoms with Crippen molar-refractivity contribution < 1.29 is 14.3 Å². The van der Waals surface area contributed by atoms with Gasteiger partial charge in [-0.2, -0.15) is 10.2 Å². The minimum atomic E-state index is -0.279. The second kappa shape index (κ2) is 11.6. The fourth-order valence-corrected chi connectivity index (χ4v) is 4.96. The van der Waals surface area contributed by atoms with Crippen molar-refractivity contribution in [2.45, 2.75) is 56.7 Å². The van der Waals surface area contributed by atoms with Crippen molar-refractivity contribution in [1.82, 2.24) is 25.1 Å². The van der Waals surface area contributed by atoms with Gasteiger partial charge in [-0.15, -0.1) is 0 Å². The number of nitriles is 1. The summed E-state index contributed by atoms with van der Waals surface area (Å²) in [6.07, 6.45) is 6.94. The van der Waals surface area contributed by atoms with Crippen LogP contribution in [0.2, 0.25) is 0 Å². The standard InChI is InChI=1S/C24H36N8O3/c1-30(2)23(34)20-15-27-24(31-10-12-35-13-11-31)29-22(20)28-18-7-5-17(6-8-18)26-16-21(33)32-9-3-4-19(32)14-25/h15,17-19,26H,3-13,16H2,1-2H3,(H,27,28,29)/t17?,18?,19-/m0/s1. The maximum absolute atomic E-state index is 12.8. The second-order valence-electron chi connectivity index (χ2n) is 9.68. The number of nitrogens with one attached hydrogen (secondary N) is 2. The molecule has 0 aromatic carbocycles. The average molecular weight is 485 g/mol. The second-order valence-corrected chi connectivity index (χ2v) is 9.68. The number of amides is 2. The zero-order chi connectivity index (χ0) is 24.8. The van der Waals surface area contributed by atoms with Crippen LogP contribution in [0.15, 0.2) is 6.20 Å². The number of morpholine rings is 1. The smallest absolute Gasteiger partial charge is 0.258 e. The molecule has 0 spiro atoms. The molecule has 3 fully saturated rings. The lowest BCUT2D eigenvalue weighted by Gasteiger charge is -2.32. The van der Waals surface area contributed by atoms with Crippen LogP contribution in [0, 0.1) is 11.3 Å². The number of rotatable bonds is 7. The van der Waals surface area contributed by atoms with Crippen molar-refractivity contribution in [2.24, 2.45) is 0 Å². The topological polar surface area (TPSA) is 127 Å². The summed E-state index contributed by atoms with van der Waals surface area (Å²) < 4.78 is 5.43. The third-order valence-electron chi connectivity index (χ3n) is 7.04. The molecule has 4 rings (SSSR count). The zero-order valence-corrected chi connectivity index (χ0v) is 20.7. The Morgan fingerprint density at radius 2 is 1.86 bits per heavy atom. The Bertz CT molecular complexity index is 935. The molecule has 3 heterocycles. The molecule has 2 N–H and O–H groups in total. The van der Waals surface area contributed by atoms with Crippen molar-refractivity contribution in [1.29, 1.82) is 5.26 Å². The average Bonchev–Trinajstić information content (AvgIpc) is 3.37. The largest absolute Gasteiger partial charge is 0.378 e. The fourth-order valence-electron chi connectivity index (χ4n) is 4.96. The molecule has 0 bridgehead atoms. The molecule has 1 aromatic heterocycles. The monoisotopic (exact) mass is 484 g/mol. The van der Waals surface area contributed by atoms with Gasteiger partial charge in [-0.3, -0.25) is 9.59 Å². The van der Waals surface area contributed by atoms with Crippen LogP contribution in [0.1, 0.15) is 48.9 Å². The molecule has 2 aliphatic heterocycles. The molecule has 190 valence electrons. The number of likely N-dealkylation sites (tertiary alicyclic amines) is 1. The third-order valence-corrected chi connectivity index (χ3v) is 7.04. The Morgan fingerprint density at radius 1 is 1.14 bits per heavy atom. The van der Waals surface area contributed by atoms with E-state index in [1.54, 1.807) is 25.2 Å². The highest BCUT2D eigenvalue weighted by atomic mass is 16.5. The Kier molecular flexibility index (Phi) is 8.36. The van der Waals surface area contributed by atoms with Gasteiger partial charge in [0.1, 0.15) is 17.4 Å². The molecule has 11 heteroatoms. The summed E-state index contributed by atoms with van der Waals surface area (Å²) in [5.41, 5.74) is 0.468. The van der Waals surface area contributed by atoms with Gasteiger partial charge >= 0.3 is 0 Å². The van der Waals surface area contributed by atoms with Crippen LogP contribution in [0.25, 0.3) is 0 Å². The molecule has 1 aromatic rings. The Balaban J connectivity index is 1.34. The summed E-state index contributed by atoms with van der Waals surface area (Å²) in [5, 5.41) is 16.1. The van der Waals surface area contributed by atoms with Crippen LogP contribution in [0.5, 0.6) is 0 Å². The molecule has 3 aliphatic rings. The van der Waals surface area contributed by atoms with E-state index in [0.29, 0.717) is 37.1 Å². The number of anilines is 2. The number of nitrogens with zero attached hydrogens (tertiary/aromatic N) is 6. The Morgan fingerprint density at radius 3 is 2.54 bits per heavy atom. The summed E-state index contributed by atoms with van der Waals surface area (Å²) in [6.45, 7) is 3.68. The molecule has 0 radical (unpaired) electrons. The van der Waals surface area contributed by atoms with E-state index in [-0.39, 0.29) is 36.5 Å². The SMILES string of the molecule is CN(C)C(=O)c1cnc(N2CCOCC2)nc1NC1CCC(NCC(=O)N2CCC[C@H]2C#N)CC1. The van der Waals surface area contributed by atoms with Gasteiger partial charge in [-0.25, -0.2) is 4.98 Å². The van der Waals surface area contributed by atoms with E-state index in [2.05, 4.69) is 26.6 Å². The van der Waals surface area contributed by atoms with Gasteiger partial charge < -0.3 is 30.1 Å². The Labute approximate surface area is 206 Å². The number of carbonyl (C=O) groups excluding carboxylic acids is 2. The van der Waals surface area contributed by atoms with Crippen molar-refractivity contribution in [3.05, 3.63) is 11.8 Å². The molecule has 1 saturated carbocycles. The van der Waals surface area contributed by atoms with Gasteiger partial charge in [0, 0.05) is 52.0 Å². The molecule has 1 aliphatic carbocycles. The lowest BCUT2D eigenvalue weighted by molar-refractivity contribution is -0.130. The van der Waals surface area contributed by atoms with E-state index in [4.69, 9.17) is 9.72 Å². The quantitative estimate of drug-likeness (QED) is 0.579. The summed E-state index contributed by atoms with van der Waals surface area (Å²) in [7, 11) is 3.45. The summed E-state index contributed by atoms with van der Waals surface area (Å²) >= 11 is 0. The first kappa shape index (κ1) is 25.1. The summed E-state index contributed by atoms with van der Waals surface area (Å²) in [5.74, 6) is 1.06. The molecule has 0 unspecified atom stereocenters. The maximum Gasteiger partial charge on any atom is 0.258 e. The number of ether oxygens (including phenoxy) is 1. The fraction of sp³-hybridized carbons (Fsp3) is 0.708. The van der Waals surface area contributed by atoms with E-state index >= 15 is 0 Å². The normalized spacial score (nSPS) is 24.7. The minimum absolute atomic E-state index is 0.0118. The van der Waals surface area contributed by atoms with Crippen LogP contribution in [0.3, 0.4) is 0 Å². The summed E-state index contributed by atoms with van der Waals surface area (Å²) in [4.78, 5) is 39.8. The van der Waals surface area contributed by atoms with Crippen molar-refractivity contribution in [3.8, 4) is 6.07 Å². The summed E-state index contributed by atoms with van der Waals surface area (Å²) in [6, 6.07) is 2.40. The molecular formula is C24H36N8O3. The van der Waals surface area contributed by atoms with Crippen LogP contribution in [-0.4, -0.2) is 103 Å².